The third-order valence-corrected chi connectivity index (χ3v) is 3.03. The third kappa shape index (κ3) is 4.06. The highest BCUT2D eigenvalue weighted by Gasteiger charge is 2.09. The Kier molecular flexibility index (Phi) is 5.20. The van der Waals surface area contributed by atoms with Crippen LogP contribution in [0.15, 0.2) is 12.1 Å². The zero-order chi connectivity index (χ0) is 13.7. The number of aryl methyl sites for hydroxylation is 1. The molecule has 0 saturated heterocycles. The van der Waals surface area contributed by atoms with Crippen LogP contribution < -0.4 is 4.74 Å². The van der Waals surface area contributed by atoms with Gasteiger partial charge in [0.1, 0.15) is 5.75 Å². The van der Waals surface area contributed by atoms with Crippen molar-refractivity contribution in [2.75, 3.05) is 6.61 Å². The Bertz CT molecular complexity index is 422. The third-order valence-electron chi connectivity index (χ3n) is 3.03. The highest BCUT2D eigenvalue weighted by atomic mass is 16.5. The number of carboxylic acids is 1. The number of hydrogen-bond donors (Lipinski definition) is 1. The Balaban J connectivity index is 2.80. The highest BCUT2D eigenvalue weighted by molar-refractivity contribution is 5.67. The molecule has 3 heteroatoms. The number of carboxylic acid groups (broad SMARTS) is 1. The van der Waals surface area contributed by atoms with E-state index in [2.05, 4.69) is 13.8 Å². The van der Waals surface area contributed by atoms with Gasteiger partial charge < -0.3 is 9.84 Å². The summed E-state index contributed by atoms with van der Waals surface area (Å²) in [5, 5.41) is 8.71. The van der Waals surface area contributed by atoms with Crippen LogP contribution >= 0.6 is 0 Å². The molecule has 0 unspecified atom stereocenters. The zero-order valence-corrected chi connectivity index (χ0v) is 11.6. The molecule has 0 aliphatic rings. The maximum atomic E-state index is 10.6. The van der Waals surface area contributed by atoms with Crippen molar-refractivity contribution in [3.05, 3.63) is 28.8 Å². The molecule has 0 aliphatic heterocycles. The quantitative estimate of drug-likeness (QED) is 0.842. The van der Waals surface area contributed by atoms with E-state index >= 15 is 0 Å². The molecule has 1 N–H and O–H groups in total. The average molecular weight is 250 g/mol. The Morgan fingerprint density at radius 2 is 1.94 bits per heavy atom. The topological polar surface area (TPSA) is 46.5 Å². The van der Waals surface area contributed by atoms with E-state index in [0.717, 1.165) is 22.4 Å². The lowest BCUT2D eigenvalue weighted by Gasteiger charge is -2.15. The van der Waals surface area contributed by atoms with Crippen molar-refractivity contribution in [3.8, 4) is 5.75 Å². The monoisotopic (exact) mass is 250 g/mol. The van der Waals surface area contributed by atoms with E-state index in [0.29, 0.717) is 18.9 Å². The van der Waals surface area contributed by atoms with Gasteiger partial charge in [-0.2, -0.15) is 0 Å². The largest absolute Gasteiger partial charge is 0.493 e. The smallest absolute Gasteiger partial charge is 0.303 e. The van der Waals surface area contributed by atoms with Crippen LogP contribution in [-0.2, 0) is 11.2 Å². The predicted octanol–water partition coefficient (Wildman–Crippen LogP) is 3.36. The summed E-state index contributed by atoms with van der Waals surface area (Å²) in [6.07, 6.45) is 0.749. The number of carbonyl (C=O) groups is 1. The van der Waals surface area contributed by atoms with Gasteiger partial charge in [-0.25, -0.2) is 0 Å². The van der Waals surface area contributed by atoms with Crippen LogP contribution in [0, 0.1) is 19.8 Å². The number of rotatable bonds is 6. The van der Waals surface area contributed by atoms with E-state index in [4.69, 9.17) is 9.84 Å². The van der Waals surface area contributed by atoms with Gasteiger partial charge in [0, 0.05) is 6.42 Å². The first-order valence-electron chi connectivity index (χ1n) is 6.35. The molecule has 0 saturated carbocycles. The zero-order valence-electron chi connectivity index (χ0n) is 11.6. The molecule has 0 radical (unpaired) electrons. The highest BCUT2D eigenvalue weighted by Crippen LogP contribution is 2.25. The van der Waals surface area contributed by atoms with Gasteiger partial charge in [0.25, 0.3) is 0 Å². The van der Waals surface area contributed by atoms with Crippen molar-refractivity contribution < 1.29 is 14.6 Å². The van der Waals surface area contributed by atoms with Gasteiger partial charge >= 0.3 is 5.97 Å². The van der Waals surface area contributed by atoms with Gasteiger partial charge in [0.15, 0.2) is 0 Å². The molecule has 0 bridgehead atoms. The van der Waals surface area contributed by atoms with Gasteiger partial charge in [-0.1, -0.05) is 19.9 Å². The SMILES string of the molecule is Cc1c(CCC(=O)O)ccc(OCC(C)C)c1C. The first-order chi connectivity index (χ1) is 8.41. The second-order valence-electron chi connectivity index (χ2n) is 5.07. The molecule has 3 nitrogen and oxygen atoms in total. The normalized spacial score (nSPS) is 10.7. The Hall–Kier alpha value is -1.51. The molecule has 1 rings (SSSR count). The minimum absolute atomic E-state index is 0.173. The number of aliphatic carboxylic acids is 1. The van der Waals surface area contributed by atoms with Crippen molar-refractivity contribution in [2.24, 2.45) is 5.92 Å². The standard InChI is InChI=1S/C15H22O3/c1-10(2)9-18-14-7-5-13(6-8-15(16)17)11(3)12(14)4/h5,7,10H,6,8-9H2,1-4H3,(H,16,17). The van der Waals surface area contributed by atoms with Crippen LogP contribution in [0.2, 0.25) is 0 Å². The molecule has 1 aromatic carbocycles. The fourth-order valence-electron chi connectivity index (χ4n) is 1.78. The van der Waals surface area contributed by atoms with E-state index in [1.165, 1.54) is 0 Å². The van der Waals surface area contributed by atoms with Gasteiger partial charge in [-0.05, 0) is 48.9 Å². The van der Waals surface area contributed by atoms with Crippen LogP contribution in [-0.4, -0.2) is 17.7 Å². The predicted molar refractivity (Wildman–Crippen MR) is 72.2 cm³/mol. The lowest BCUT2D eigenvalue weighted by molar-refractivity contribution is -0.136. The fraction of sp³-hybridized carbons (Fsp3) is 0.533. The molecule has 0 amide bonds. The molecule has 0 aromatic heterocycles. The van der Waals surface area contributed by atoms with E-state index in [9.17, 15) is 4.79 Å². The summed E-state index contributed by atoms with van der Waals surface area (Å²) in [6, 6.07) is 3.92. The molecule has 18 heavy (non-hydrogen) atoms. The van der Waals surface area contributed by atoms with E-state index in [1.807, 2.05) is 26.0 Å². The molecule has 0 fully saturated rings. The second kappa shape index (κ2) is 6.43. The minimum Gasteiger partial charge on any atom is -0.493 e. The lowest BCUT2D eigenvalue weighted by Crippen LogP contribution is -2.07. The molecule has 100 valence electrons. The first-order valence-corrected chi connectivity index (χ1v) is 6.35. The molecule has 0 heterocycles. The number of benzene rings is 1. The van der Waals surface area contributed by atoms with Gasteiger partial charge in [-0.3, -0.25) is 4.79 Å². The summed E-state index contributed by atoms with van der Waals surface area (Å²) in [5.41, 5.74) is 3.34. The summed E-state index contributed by atoms with van der Waals surface area (Å²) in [4.78, 5) is 10.6. The molecule has 0 atom stereocenters. The Morgan fingerprint density at radius 3 is 2.50 bits per heavy atom. The molecule has 0 aliphatic carbocycles. The maximum absolute atomic E-state index is 10.6. The number of ether oxygens (including phenoxy) is 1. The van der Waals surface area contributed by atoms with Crippen LogP contribution in [0.3, 0.4) is 0 Å². The molecule has 1 aromatic rings. The second-order valence-corrected chi connectivity index (χ2v) is 5.07. The van der Waals surface area contributed by atoms with Crippen LogP contribution in [0.5, 0.6) is 5.75 Å². The molecular formula is C15H22O3. The van der Waals surface area contributed by atoms with E-state index in [-0.39, 0.29) is 6.42 Å². The number of hydrogen-bond acceptors (Lipinski definition) is 2. The van der Waals surface area contributed by atoms with Crippen LogP contribution in [0.1, 0.15) is 37.0 Å². The molecular weight excluding hydrogens is 228 g/mol. The Morgan fingerprint density at radius 1 is 1.28 bits per heavy atom. The van der Waals surface area contributed by atoms with Crippen molar-refractivity contribution in [1.29, 1.82) is 0 Å². The Labute approximate surface area is 109 Å². The molecule has 0 spiro atoms. The van der Waals surface area contributed by atoms with Crippen LogP contribution in [0.25, 0.3) is 0 Å². The summed E-state index contributed by atoms with van der Waals surface area (Å²) < 4.78 is 5.74. The van der Waals surface area contributed by atoms with E-state index < -0.39 is 5.97 Å². The summed E-state index contributed by atoms with van der Waals surface area (Å²) in [7, 11) is 0. The minimum atomic E-state index is -0.757. The van der Waals surface area contributed by atoms with Crippen molar-refractivity contribution in [1.82, 2.24) is 0 Å². The van der Waals surface area contributed by atoms with Crippen molar-refractivity contribution in [3.63, 3.8) is 0 Å². The van der Waals surface area contributed by atoms with E-state index in [1.54, 1.807) is 0 Å². The van der Waals surface area contributed by atoms with Crippen molar-refractivity contribution in [2.45, 2.75) is 40.5 Å². The van der Waals surface area contributed by atoms with Gasteiger partial charge in [0.05, 0.1) is 6.61 Å². The summed E-state index contributed by atoms with van der Waals surface area (Å²) in [6.45, 7) is 8.98. The average Bonchev–Trinajstić information content (AvgIpc) is 2.29. The summed E-state index contributed by atoms with van der Waals surface area (Å²) in [5.74, 6) is 0.642. The fourth-order valence-corrected chi connectivity index (χ4v) is 1.78. The lowest BCUT2D eigenvalue weighted by atomic mass is 9.99. The first kappa shape index (κ1) is 14.6. The van der Waals surface area contributed by atoms with Gasteiger partial charge in [0.2, 0.25) is 0 Å². The summed E-state index contributed by atoms with van der Waals surface area (Å²) >= 11 is 0. The maximum Gasteiger partial charge on any atom is 0.303 e. The van der Waals surface area contributed by atoms with Gasteiger partial charge in [-0.15, -0.1) is 0 Å². The van der Waals surface area contributed by atoms with Crippen LogP contribution in [0.4, 0.5) is 0 Å². The van der Waals surface area contributed by atoms with Crippen molar-refractivity contribution >= 4 is 5.97 Å².